The minimum atomic E-state index is -4.57. The van der Waals surface area contributed by atoms with Crippen LogP contribution in [0.3, 0.4) is 0 Å². The van der Waals surface area contributed by atoms with Crippen LogP contribution in [-0.4, -0.2) is 4.55 Å². The Bertz CT molecular complexity index is 595. The lowest BCUT2D eigenvalue weighted by Gasteiger charge is -2.09. The molecule has 2 aromatic carbocycles. The van der Waals surface area contributed by atoms with Gasteiger partial charge in [0.25, 0.3) is 0 Å². The highest BCUT2D eigenvalue weighted by atomic mass is 32.2. The first-order valence-corrected chi connectivity index (χ1v) is 5.98. The predicted octanol–water partition coefficient (Wildman–Crippen LogP) is 5.08. The molecule has 0 fully saturated rings. The van der Waals surface area contributed by atoms with E-state index in [1.807, 2.05) is 0 Å². The smallest absolute Gasteiger partial charge is 0.325 e. The SMILES string of the molecule is OSc1cccc(-c2ccc(C(F)(F)F)cc2F)c1. The predicted molar refractivity (Wildman–Crippen MR) is 65.3 cm³/mol. The third-order valence-electron chi connectivity index (χ3n) is 2.55. The summed E-state index contributed by atoms with van der Waals surface area (Å²) in [6.07, 6.45) is -4.57. The molecule has 1 nitrogen and oxygen atoms in total. The number of rotatable bonds is 2. The van der Waals surface area contributed by atoms with E-state index in [0.29, 0.717) is 28.6 Å². The van der Waals surface area contributed by atoms with Gasteiger partial charge in [-0.05, 0) is 29.8 Å². The first-order valence-electron chi connectivity index (χ1n) is 5.20. The number of alkyl halides is 3. The van der Waals surface area contributed by atoms with E-state index in [9.17, 15) is 17.6 Å². The lowest BCUT2D eigenvalue weighted by atomic mass is 10.0. The van der Waals surface area contributed by atoms with E-state index in [-0.39, 0.29) is 5.56 Å². The van der Waals surface area contributed by atoms with Gasteiger partial charge in [0.2, 0.25) is 0 Å². The quantitative estimate of drug-likeness (QED) is 0.614. The zero-order chi connectivity index (χ0) is 14.0. The van der Waals surface area contributed by atoms with Crippen molar-refractivity contribution in [3.05, 3.63) is 53.8 Å². The van der Waals surface area contributed by atoms with Crippen LogP contribution in [0.1, 0.15) is 5.56 Å². The normalized spacial score (nSPS) is 11.6. The zero-order valence-electron chi connectivity index (χ0n) is 9.41. The summed E-state index contributed by atoms with van der Waals surface area (Å²) in [7, 11) is 0. The van der Waals surface area contributed by atoms with E-state index in [1.165, 1.54) is 6.07 Å². The van der Waals surface area contributed by atoms with E-state index in [1.54, 1.807) is 18.2 Å². The summed E-state index contributed by atoms with van der Waals surface area (Å²) in [6, 6.07) is 8.63. The summed E-state index contributed by atoms with van der Waals surface area (Å²) in [5.41, 5.74) is -0.560. The van der Waals surface area contributed by atoms with Gasteiger partial charge >= 0.3 is 6.18 Å². The van der Waals surface area contributed by atoms with E-state index in [2.05, 4.69) is 0 Å². The highest BCUT2D eigenvalue weighted by molar-refractivity contribution is 7.93. The van der Waals surface area contributed by atoms with Crippen LogP contribution in [0, 0.1) is 5.82 Å². The van der Waals surface area contributed by atoms with Crippen molar-refractivity contribution in [3.63, 3.8) is 0 Å². The van der Waals surface area contributed by atoms with E-state index in [4.69, 9.17) is 4.55 Å². The molecule has 1 N–H and O–H groups in total. The Morgan fingerprint density at radius 3 is 2.32 bits per heavy atom. The van der Waals surface area contributed by atoms with Gasteiger partial charge in [0.1, 0.15) is 5.82 Å². The fraction of sp³-hybridized carbons (Fsp3) is 0.0769. The second kappa shape index (κ2) is 5.22. The van der Waals surface area contributed by atoms with Crippen molar-refractivity contribution in [2.24, 2.45) is 0 Å². The van der Waals surface area contributed by atoms with Gasteiger partial charge in [-0.3, -0.25) is 0 Å². The molecule has 0 amide bonds. The highest BCUT2D eigenvalue weighted by Gasteiger charge is 2.31. The van der Waals surface area contributed by atoms with Crippen molar-refractivity contribution in [2.75, 3.05) is 0 Å². The lowest BCUT2D eigenvalue weighted by Crippen LogP contribution is -2.05. The van der Waals surface area contributed by atoms with Crippen molar-refractivity contribution in [1.29, 1.82) is 0 Å². The van der Waals surface area contributed by atoms with Gasteiger partial charge in [-0.25, -0.2) is 4.39 Å². The fourth-order valence-corrected chi connectivity index (χ4v) is 1.97. The Labute approximate surface area is 111 Å². The highest BCUT2D eigenvalue weighted by Crippen LogP contribution is 2.33. The standard InChI is InChI=1S/C13H8F4OS/c14-12-7-9(13(15,16)17)4-5-11(12)8-2-1-3-10(6-8)19-18/h1-7,18H. The summed E-state index contributed by atoms with van der Waals surface area (Å²) in [4.78, 5) is 0.483. The molecule has 2 aromatic rings. The first kappa shape index (κ1) is 13.9. The summed E-state index contributed by atoms with van der Waals surface area (Å²) in [5.74, 6) is -0.949. The molecule has 19 heavy (non-hydrogen) atoms. The Morgan fingerprint density at radius 2 is 1.74 bits per heavy atom. The molecule has 100 valence electrons. The van der Waals surface area contributed by atoms with E-state index in [0.717, 1.165) is 12.1 Å². The minimum Gasteiger partial charge on any atom is -0.325 e. The van der Waals surface area contributed by atoms with Crippen LogP contribution in [0.5, 0.6) is 0 Å². The maximum Gasteiger partial charge on any atom is 0.416 e. The maximum atomic E-state index is 13.7. The van der Waals surface area contributed by atoms with Gasteiger partial charge in [0.15, 0.2) is 0 Å². The molecule has 6 heteroatoms. The molecule has 0 saturated carbocycles. The van der Waals surface area contributed by atoms with Crippen molar-refractivity contribution in [1.82, 2.24) is 0 Å². The van der Waals surface area contributed by atoms with Crippen molar-refractivity contribution in [3.8, 4) is 11.1 Å². The molecule has 0 heterocycles. The lowest BCUT2D eigenvalue weighted by molar-refractivity contribution is -0.137. The van der Waals surface area contributed by atoms with Crippen molar-refractivity contribution in [2.45, 2.75) is 11.1 Å². The van der Waals surface area contributed by atoms with E-state index < -0.39 is 17.6 Å². The largest absolute Gasteiger partial charge is 0.416 e. The number of benzene rings is 2. The molecule has 0 unspecified atom stereocenters. The van der Waals surface area contributed by atoms with Gasteiger partial charge in [-0.1, -0.05) is 18.2 Å². The second-order valence-electron chi connectivity index (χ2n) is 3.81. The van der Waals surface area contributed by atoms with Crippen LogP contribution in [-0.2, 0) is 6.18 Å². The summed E-state index contributed by atoms with van der Waals surface area (Å²) < 4.78 is 59.9. The summed E-state index contributed by atoms with van der Waals surface area (Å²) in [6.45, 7) is 0. The van der Waals surface area contributed by atoms with Gasteiger partial charge < -0.3 is 4.55 Å². The maximum absolute atomic E-state index is 13.7. The van der Waals surface area contributed by atoms with Crippen LogP contribution in [0.4, 0.5) is 17.6 Å². The Balaban J connectivity index is 2.46. The van der Waals surface area contributed by atoms with Crippen LogP contribution in [0.15, 0.2) is 47.4 Å². The summed E-state index contributed by atoms with van der Waals surface area (Å²) in [5, 5.41) is 0. The third-order valence-corrected chi connectivity index (χ3v) is 3.01. The average Bonchev–Trinajstić information content (AvgIpc) is 2.37. The Hall–Kier alpha value is -1.53. The van der Waals surface area contributed by atoms with Gasteiger partial charge in [0, 0.05) is 22.5 Å². The van der Waals surface area contributed by atoms with Crippen LogP contribution < -0.4 is 0 Å². The number of hydrogen-bond donors (Lipinski definition) is 1. The first-order chi connectivity index (χ1) is 8.91. The Morgan fingerprint density at radius 1 is 1.00 bits per heavy atom. The molecule has 0 aliphatic carbocycles. The second-order valence-corrected chi connectivity index (χ2v) is 4.47. The van der Waals surface area contributed by atoms with Crippen LogP contribution in [0.2, 0.25) is 0 Å². The monoisotopic (exact) mass is 288 g/mol. The molecule has 0 bridgehead atoms. The van der Waals surface area contributed by atoms with Gasteiger partial charge in [0.05, 0.1) is 5.56 Å². The fourth-order valence-electron chi connectivity index (χ4n) is 1.65. The molecule has 0 aromatic heterocycles. The van der Waals surface area contributed by atoms with Crippen molar-refractivity contribution >= 4 is 12.0 Å². The number of halogens is 4. The molecular formula is C13H8F4OS. The zero-order valence-corrected chi connectivity index (χ0v) is 10.2. The third kappa shape index (κ3) is 3.08. The molecule has 2 rings (SSSR count). The Kier molecular flexibility index (Phi) is 3.82. The molecule has 0 saturated heterocycles. The summed E-state index contributed by atoms with van der Waals surface area (Å²) >= 11 is 0.488. The minimum absolute atomic E-state index is 0.0592. The molecule has 0 radical (unpaired) electrons. The molecular weight excluding hydrogens is 280 g/mol. The van der Waals surface area contributed by atoms with Crippen molar-refractivity contribution < 1.29 is 22.1 Å². The topological polar surface area (TPSA) is 20.2 Å². The molecule has 0 aliphatic rings. The van der Waals surface area contributed by atoms with Crippen LogP contribution >= 0.6 is 12.0 Å². The van der Waals surface area contributed by atoms with Gasteiger partial charge in [-0.15, -0.1) is 0 Å². The molecule has 0 atom stereocenters. The molecule has 0 aliphatic heterocycles. The van der Waals surface area contributed by atoms with Gasteiger partial charge in [-0.2, -0.15) is 13.2 Å². The van der Waals surface area contributed by atoms with Crippen LogP contribution in [0.25, 0.3) is 11.1 Å². The average molecular weight is 288 g/mol. The van der Waals surface area contributed by atoms with E-state index >= 15 is 0 Å². The number of hydrogen-bond acceptors (Lipinski definition) is 2. The molecule has 0 spiro atoms.